The standard InChI is InChI=1S/C6H15NO3S/c1-2-3-4-7-11(9,10)6-5-8/h7-8H,2-6H2,1H3. The average molecular weight is 181 g/mol. The molecule has 5 heteroatoms. The molecule has 0 saturated heterocycles. The molecule has 2 N–H and O–H groups in total. The van der Waals surface area contributed by atoms with Crippen LogP contribution in [0.4, 0.5) is 0 Å². The minimum Gasteiger partial charge on any atom is -0.395 e. The molecule has 4 nitrogen and oxygen atoms in total. The summed E-state index contributed by atoms with van der Waals surface area (Å²) in [7, 11) is -3.20. The first-order chi connectivity index (χ1) is 5.12. The van der Waals surface area contributed by atoms with Crippen molar-refractivity contribution in [3.63, 3.8) is 0 Å². The Balaban J connectivity index is 3.56. The van der Waals surface area contributed by atoms with Crippen molar-refractivity contribution in [3.8, 4) is 0 Å². The molecular formula is C6H15NO3S. The van der Waals surface area contributed by atoms with Gasteiger partial charge in [-0.15, -0.1) is 0 Å². The van der Waals surface area contributed by atoms with Crippen LogP contribution in [0.2, 0.25) is 0 Å². The van der Waals surface area contributed by atoms with Gasteiger partial charge in [-0.05, 0) is 6.42 Å². The van der Waals surface area contributed by atoms with E-state index in [2.05, 4.69) is 4.72 Å². The van der Waals surface area contributed by atoms with Gasteiger partial charge in [-0.3, -0.25) is 0 Å². The Morgan fingerprint density at radius 1 is 1.45 bits per heavy atom. The zero-order chi connectivity index (χ0) is 8.74. The van der Waals surface area contributed by atoms with Gasteiger partial charge >= 0.3 is 0 Å². The van der Waals surface area contributed by atoms with Crippen LogP contribution in [0.1, 0.15) is 19.8 Å². The highest BCUT2D eigenvalue weighted by Crippen LogP contribution is 1.87. The molecule has 0 spiro atoms. The lowest BCUT2D eigenvalue weighted by Gasteiger charge is -2.02. The van der Waals surface area contributed by atoms with E-state index in [1.807, 2.05) is 6.92 Å². The smallest absolute Gasteiger partial charge is 0.213 e. The van der Waals surface area contributed by atoms with E-state index in [9.17, 15) is 8.42 Å². The molecule has 0 aliphatic carbocycles. The van der Waals surface area contributed by atoms with Crippen molar-refractivity contribution in [1.29, 1.82) is 0 Å². The highest BCUT2D eigenvalue weighted by Gasteiger charge is 2.06. The van der Waals surface area contributed by atoms with E-state index in [1.165, 1.54) is 0 Å². The van der Waals surface area contributed by atoms with Gasteiger partial charge < -0.3 is 5.11 Å². The molecule has 11 heavy (non-hydrogen) atoms. The Bertz CT molecular complexity index is 176. The van der Waals surface area contributed by atoms with Crippen LogP contribution in [0.15, 0.2) is 0 Å². The molecule has 0 heterocycles. The molecule has 0 saturated carbocycles. The van der Waals surface area contributed by atoms with E-state index < -0.39 is 10.0 Å². The van der Waals surface area contributed by atoms with Gasteiger partial charge in [-0.25, -0.2) is 13.1 Å². The molecule has 0 aromatic rings. The van der Waals surface area contributed by atoms with Gasteiger partial charge in [0.25, 0.3) is 0 Å². The van der Waals surface area contributed by atoms with Gasteiger partial charge in [0.15, 0.2) is 0 Å². The lowest BCUT2D eigenvalue weighted by atomic mass is 10.3. The maximum Gasteiger partial charge on any atom is 0.213 e. The van der Waals surface area contributed by atoms with Gasteiger partial charge in [0, 0.05) is 6.54 Å². The highest BCUT2D eigenvalue weighted by molar-refractivity contribution is 7.89. The van der Waals surface area contributed by atoms with E-state index in [4.69, 9.17) is 5.11 Å². The van der Waals surface area contributed by atoms with Crippen LogP contribution in [0.25, 0.3) is 0 Å². The summed E-state index contributed by atoms with van der Waals surface area (Å²) in [6, 6.07) is 0. The number of rotatable bonds is 6. The second kappa shape index (κ2) is 5.51. The molecule has 0 aliphatic heterocycles. The van der Waals surface area contributed by atoms with Crippen molar-refractivity contribution >= 4 is 10.0 Å². The lowest BCUT2D eigenvalue weighted by molar-refractivity contribution is 0.319. The molecular weight excluding hydrogens is 166 g/mol. The minimum atomic E-state index is -3.20. The Hall–Kier alpha value is -0.130. The van der Waals surface area contributed by atoms with Crippen LogP contribution in [0, 0.1) is 0 Å². The largest absolute Gasteiger partial charge is 0.395 e. The van der Waals surface area contributed by atoms with Gasteiger partial charge in [-0.2, -0.15) is 0 Å². The van der Waals surface area contributed by atoms with Crippen LogP contribution in [0.5, 0.6) is 0 Å². The Labute approximate surface area is 67.7 Å². The van der Waals surface area contributed by atoms with E-state index in [-0.39, 0.29) is 12.4 Å². The first-order valence-electron chi connectivity index (χ1n) is 3.70. The molecule has 0 atom stereocenters. The number of hydrogen-bond donors (Lipinski definition) is 2. The van der Waals surface area contributed by atoms with E-state index in [0.29, 0.717) is 6.54 Å². The molecule has 0 bridgehead atoms. The van der Waals surface area contributed by atoms with Crippen LogP contribution in [-0.4, -0.2) is 32.4 Å². The predicted molar refractivity (Wildman–Crippen MR) is 43.8 cm³/mol. The lowest BCUT2D eigenvalue weighted by Crippen LogP contribution is -2.28. The van der Waals surface area contributed by atoms with Gasteiger partial charge in [0.1, 0.15) is 0 Å². The number of sulfonamides is 1. The van der Waals surface area contributed by atoms with Crippen molar-refractivity contribution in [1.82, 2.24) is 4.72 Å². The molecule has 0 fully saturated rings. The number of aliphatic hydroxyl groups excluding tert-OH is 1. The summed E-state index contributed by atoms with van der Waals surface area (Å²) in [5.74, 6) is -0.198. The monoisotopic (exact) mass is 181 g/mol. The van der Waals surface area contributed by atoms with Crippen molar-refractivity contribution in [2.45, 2.75) is 19.8 Å². The van der Waals surface area contributed by atoms with Crippen molar-refractivity contribution in [3.05, 3.63) is 0 Å². The third kappa shape index (κ3) is 6.28. The molecule has 68 valence electrons. The van der Waals surface area contributed by atoms with Gasteiger partial charge in [0.05, 0.1) is 12.4 Å². The summed E-state index contributed by atoms with van der Waals surface area (Å²) in [4.78, 5) is 0. The van der Waals surface area contributed by atoms with E-state index in [1.54, 1.807) is 0 Å². The summed E-state index contributed by atoms with van der Waals surface area (Å²) in [5.41, 5.74) is 0. The second-order valence-electron chi connectivity index (χ2n) is 2.29. The quantitative estimate of drug-likeness (QED) is 0.553. The van der Waals surface area contributed by atoms with Crippen LogP contribution < -0.4 is 4.72 Å². The predicted octanol–water partition coefficient (Wildman–Crippen LogP) is -0.302. The maximum absolute atomic E-state index is 10.8. The Kier molecular flexibility index (Phi) is 5.45. The molecule has 0 aliphatic rings. The topological polar surface area (TPSA) is 66.4 Å². The van der Waals surface area contributed by atoms with Gasteiger partial charge in [0.2, 0.25) is 10.0 Å². The first-order valence-corrected chi connectivity index (χ1v) is 5.36. The summed E-state index contributed by atoms with van der Waals surface area (Å²) < 4.78 is 24.0. The SMILES string of the molecule is CCCCNS(=O)(=O)CCO. The maximum atomic E-state index is 10.8. The number of unbranched alkanes of at least 4 members (excludes halogenated alkanes) is 1. The highest BCUT2D eigenvalue weighted by atomic mass is 32.2. The molecule has 0 rings (SSSR count). The summed E-state index contributed by atoms with van der Waals surface area (Å²) in [6.07, 6.45) is 1.80. The molecule has 0 aromatic heterocycles. The third-order valence-corrected chi connectivity index (χ3v) is 2.58. The number of nitrogens with one attached hydrogen (secondary N) is 1. The van der Waals surface area contributed by atoms with Crippen molar-refractivity contribution in [2.75, 3.05) is 18.9 Å². The van der Waals surface area contributed by atoms with E-state index in [0.717, 1.165) is 12.8 Å². The summed E-state index contributed by atoms with van der Waals surface area (Å²) in [6.45, 7) is 2.14. The molecule has 0 radical (unpaired) electrons. The van der Waals surface area contributed by atoms with E-state index >= 15 is 0 Å². The zero-order valence-corrected chi connectivity index (χ0v) is 7.52. The van der Waals surface area contributed by atoms with Crippen LogP contribution in [0.3, 0.4) is 0 Å². The first kappa shape index (κ1) is 10.9. The second-order valence-corrected chi connectivity index (χ2v) is 4.22. The summed E-state index contributed by atoms with van der Waals surface area (Å²) >= 11 is 0. The van der Waals surface area contributed by atoms with Crippen molar-refractivity contribution < 1.29 is 13.5 Å². The Morgan fingerprint density at radius 2 is 2.09 bits per heavy atom. The fourth-order valence-electron chi connectivity index (χ4n) is 0.597. The number of aliphatic hydroxyl groups is 1. The van der Waals surface area contributed by atoms with Crippen LogP contribution in [-0.2, 0) is 10.0 Å². The van der Waals surface area contributed by atoms with Gasteiger partial charge in [-0.1, -0.05) is 13.3 Å². The average Bonchev–Trinajstić information content (AvgIpc) is 1.87. The minimum absolute atomic E-state index is 0.198. The molecule has 0 amide bonds. The fraction of sp³-hybridized carbons (Fsp3) is 1.00. The molecule has 0 aromatic carbocycles. The Morgan fingerprint density at radius 3 is 2.55 bits per heavy atom. The molecule has 0 unspecified atom stereocenters. The fourth-order valence-corrected chi connectivity index (χ4v) is 1.44. The van der Waals surface area contributed by atoms with Crippen molar-refractivity contribution in [2.24, 2.45) is 0 Å². The normalized spacial score (nSPS) is 11.8. The number of hydrogen-bond acceptors (Lipinski definition) is 3. The third-order valence-electron chi connectivity index (χ3n) is 1.21. The van der Waals surface area contributed by atoms with Crippen LogP contribution >= 0.6 is 0 Å². The zero-order valence-electron chi connectivity index (χ0n) is 6.71. The summed E-state index contributed by atoms with van der Waals surface area (Å²) in [5, 5.41) is 8.34.